The Bertz CT molecular complexity index is 1030. The highest BCUT2D eigenvalue weighted by Crippen LogP contribution is 2.26. The minimum absolute atomic E-state index is 0.211. The largest absolute Gasteiger partial charge is 0.493 e. The van der Waals surface area contributed by atoms with Gasteiger partial charge < -0.3 is 10.1 Å². The van der Waals surface area contributed by atoms with Gasteiger partial charge in [0, 0.05) is 18.2 Å². The molecule has 2 aromatic heterocycles. The molecule has 0 fully saturated rings. The number of nitrogens with zero attached hydrogens (tertiary/aromatic N) is 3. The van der Waals surface area contributed by atoms with Crippen molar-refractivity contribution in [2.45, 2.75) is 25.8 Å². The summed E-state index contributed by atoms with van der Waals surface area (Å²) < 4.78 is 7.71. The van der Waals surface area contributed by atoms with E-state index in [1.807, 2.05) is 23.6 Å². The van der Waals surface area contributed by atoms with E-state index in [1.54, 1.807) is 29.7 Å². The highest BCUT2D eigenvalue weighted by Gasteiger charge is 2.21. The van der Waals surface area contributed by atoms with Crippen molar-refractivity contribution in [3.63, 3.8) is 0 Å². The molecule has 1 atom stereocenters. The molecule has 0 aliphatic heterocycles. The molecule has 144 valence electrons. The van der Waals surface area contributed by atoms with Gasteiger partial charge in [-0.25, -0.2) is 0 Å². The molecule has 9 heteroatoms. The van der Waals surface area contributed by atoms with E-state index in [0.29, 0.717) is 41.5 Å². The Morgan fingerprint density at radius 2 is 2.32 bits per heavy atom. The summed E-state index contributed by atoms with van der Waals surface area (Å²) in [4.78, 5) is 13.7. The minimum Gasteiger partial charge on any atom is -0.493 e. The first kappa shape index (κ1) is 19.8. The third kappa shape index (κ3) is 4.65. The first-order chi connectivity index (χ1) is 13.6. The van der Waals surface area contributed by atoms with Crippen molar-refractivity contribution in [3.8, 4) is 22.5 Å². The molecule has 1 amide bonds. The van der Waals surface area contributed by atoms with Crippen molar-refractivity contribution in [3.05, 3.63) is 46.5 Å². The normalized spacial score (nSPS) is 11.6. The second-order valence-electron chi connectivity index (χ2n) is 6.00. The number of hydrogen-bond donors (Lipinski definition) is 2. The highest BCUT2D eigenvalue weighted by molar-refractivity contribution is 7.71. The highest BCUT2D eigenvalue weighted by atomic mass is 32.1. The Balaban J connectivity index is 1.71. The van der Waals surface area contributed by atoms with Crippen molar-refractivity contribution in [1.29, 1.82) is 5.26 Å². The number of aromatic amines is 1. The van der Waals surface area contributed by atoms with Crippen molar-refractivity contribution >= 4 is 35.1 Å². The van der Waals surface area contributed by atoms with Gasteiger partial charge in [0.25, 0.3) is 0 Å². The summed E-state index contributed by atoms with van der Waals surface area (Å²) in [5.41, 5.74) is 0.627. The van der Waals surface area contributed by atoms with Gasteiger partial charge in [0.15, 0.2) is 10.6 Å². The van der Waals surface area contributed by atoms with Gasteiger partial charge in [-0.2, -0.15) is 10.4 Å². The number of unbranched alkanes of at least 4 members (excludes halogenated alkanes) is 1. The number of ether oxygens (including phenoxy) is 1. The van der Waals surface area contributed by atoms with E-state index in [2.05, 4.69) is 21.6 Å². The zero-order valence-electron chi connectivity index (χ0n) is 15.2. The van der Waals surface area contributed by atoms with Crippen LogP contribution in [0, 0.1) is 16.1 Å². The molecule has 0 radical (unpaired) electrons. The standard InChI is InChI=1S/C19H19N5O2S2/c1-13(24-17(22-23-19(24)27)16-8-5-11-28-16)18(25)21-14-6-4-7-15(12-14)26-10-3-2-9-20/h4-8,11-13H,2-3,10H2,1H3,(H,21,25)(H,23,27). The molecule has 3 rings (SSSR count). The van der Waals surface area contributed by atoms with Gasteiger partial charge in [-0.15, -0.1) is 11.3 Å². The maximum atomic E-state index is 12.8. The molecule has 0 aliphatic rings. The summed E-state index contributed by atoms with van der Waals surface area (Å²) in [6.07, 6.45) is 1.11. The number of hydrogen-bond acceptors (Lipinski definition) is 6. The Morgan fingerprint density at radius 3 is 3.07 bits per heavy atom. The van der Waals surface area contributed by atoms with Crippen LogP contribution < -0.4 is 10.1 Å². The summed E-state index contributed by atoms with van der Waals surface area (Å²) in [7, 11) is 0. The number of carbonyl (C=O) groups is 1. The molecule has 0 bridgehead atoms. The predicted molar refractivity (Wildman–Crippen MR) is 111 cm³/mol. The van der Waals surface area contributed by atoms with Gasteiger partial charge in [0.1, 0.15) is 11.8 Å². The molecular formula is C19H19N5O2S2. The Morgan fingerprint density at radius 1 is 1.46 bits per heavy atom. The second-order valence-corrected chi connectivity index (χ2v) is 7.34. The maximum absolute atomic E-state index is 12.8. The summed E-state index contributed by atoms with van der Waals surface area (Å²) in [5.74, 6) is 1.07. The van der Waals surface area contributed by atoms with Gasteiger partial charge in [-0.3, -0.25) is 14.5 Å². The Hall–Kier alpha value is -2.96. The van der Waals surface area contributed by atoms with Gasteiger partial charge in [-0.05, 0) is 49.1 Å². The van der Waals surface area contributed by atoms with Crippen molar-refractivity contribution < 1.29 is 9.53 Å². The number of thiophene rings is 1. The van der Waals surface area contributed by atoms with E-state index in [4.69, 9.17) is 22.2 Å². The lowest BCUT2D eigenvalue weighted by Gasteiger charge is -2.16. The Labute approximate surface area is 171 Å². The molecule has 28 heavy (non-hydrogen) atoms. The van der Waals surface area contributed by atoms with Gasteiger partial charge in [0.05, 0.1) is 17.6 Å². The van der Waals surface area contributed by atoms with Crippen LogP contribution in [-0.4, -0.2) is 27.3 Å². The zero-order valence-corrected chi connectivity index (χ0v) is 16.8. The summed E-state index contributed by atoms with van der Waals surface area (Å²) in [5, 5.41) is 20.4. The molecule has 3 aromatic rings. The predicted octanol–water partition coefficient (Wildman–Crippen LogP) is 4.55. The SMILES string of the molecule is CC(C(=O)Nc1cccc(OCCCC#N)c1)n1c(-c2cccs2)n[nH]c1=S. The lowest BCUT2D eigenvalue weighted by atomic mass is 10.2. The van der Waals surface area contributed by atoms with Crippen LogP contribution in [0.2, 0.25) is 0 Å². The van der Waals surface area contributed by atoms with Crippen LogP contribution in [0.1, 0.15) is 25.8 Å². The van der Waals surface area contributed by atoms with Crippen LogP contribution in [0.5, 0.6) is 5.75 Å². The third-order valence-electron chi connectivity index (χ3n) is 4.02. The van der Waals surface area contributed by atoms with Gasteiger partial charge in [0.2, 0.25) is 5.91 Å². The van der Waals surface area contributed by atoms with E-state index < -0.39 is 6.04 Å². The number of anilines is 1. The van der Waals surface area contributed by atoms with Crippen molar-refractivity contribution in [2.75, 3.05) is 11.9 Å². The Kier molecular flexibility index (Phi) is 6.57. The lowest BCUT2D eigenvalue weighted by molar-refractivity contribution is -0.118. The van der Waals surface area contributed by atoms with Crippen LogP contribution in [0.3, 0.4) is 0 Å². The molecule has 0 saturated heterocycles. The van der Waals surface area contributed by atoms with E-state index >= 15 is 0 Å². The van der Waals surface area contributed by atoms with E-state index in [-0.39, 0.29) is 5.91 Å². The molecule has 0 saturated carbocycles. The fourth-order valence-corrected chi connectivity index (χ4v) is 3.61. The molecular weight excluding hydrogens is 394 g/mol. The fraction of sp³-hybridized carbons (Fsp3) is 0.263. The monoisotopic (exact) mass is 413 g/mol. The lowest BCUT2D eigenvalue weighted by Crippen LogP contribution is -2.24. The maximum Gasteiger partial charge on any atom is 0.247 e. The number of H-pyrrole nitrogens is 1. The molecule has 7 nitrogen and oxygen atoms in total. The smallest absolute Gasteiger partial charge is 0.247 e. The summed E-state index contributed by atoms with van der Waals surface area (Å²) in [6.45, 7) is 2.23. The molecule has 0 aliphatic carbocycles. The number of rotatable bonds is 8. The molecule has 0 spiro atoms. The molecule has 2 N–H and O–H groups in total. The summed E-state index contributed by atoms with van der Waals surface area (Å²) >= 11 is 6.86. The van der Waals surface area contributed by atoms with Crippen LogP contribution in [0.15, 0.2) is 41.8 Å². The number of aromatic nitrogens is 3. The second kappa shape index (κ2) is 9.30. The fourth-order valence-electron chi connectivity index (χ4n) is 2.61. The molecule has 1 aromatic carbocycles. The van der Waals surface area contributed by atoms with Crippen molar-refractivity contribution in [2.24, 2.45) is 0 Å². The number of nitrogens with one attached hydrogen (secondary N) is 2. The van der Waals surface area contributed by atoms with Gasteiger partial charge in [-0.1, -0.05) is 12.1 Å². The number of amides is 1. The van der Waals surface area contributed by atoms with Crippen LogP contribution in [0.4, 0.5) is 5.69 Å². The number of benzene rings is 1. The third-order valence-corrected chi connectivity index (χ3v) is 5.17. The van der Waals surface area contributed by atoms with E-state index in [9.17, 15) is 4.79 Å². The summed E-state index contributed by atoms with van der Waals surface area (Å²) in [6, 6.07) is 12.6. The number of carbonyl (C=O) groups excluding carboxylic acids is 1. The molecule has 1 unspecified atom stereocenters. The van der Waals surface area contributed by atoms with E-state index in [0.717, 1.165) is 4.88 Å². The van der Waals surface area contributed by atoms with Gasteiger partial charge >= 0.3 is 0 Å². The first-order valence-corrected chi connectivity index (χ1v) is 10.0. The first-order valence-electron chi connectivity index (χ1n) is 8.71. The van der Waals surface area contributed by atoms with Crippen molar-refractivity contribution in [1.82, 2.24) is 14.8 Å². The van der Waals surface area contributed by atoms with Crippen LogP contribution in [0.25, 0.3) is 10.7 Å². The quantitative estimate of drug-likeness (QED) is 0.417. The average Bonchev–Trinajstić information content (AvgIpc) is 3.34. The average molecular weight is 414 g/mol. The van der Waals surface area contributed by atoms with E-state index in [1.165, 1.54) is 11.3 Å². The molecule has 2 heterocycles. The van der Waals surface area contributed by atoms with Crippen LogP contribution >= 0.6 is 23.6 Å². The minimum atomic E-state index is -0.552. The number of nitriles is 1. The van der Waals surface area contributed by atoms with Crippen LogP contribution in [-0.2, 0) is 4.79 Å². The topological polar surface area (TPSA) is 95.7 Å². The zero-order chi connectivity index (χ0) is 19.9.